The summed E-state index contributed by atoms with van der Waals surface area (Å²) in [5.41, 5.74) is 4.22. The maximum Gasteiger partial charge on any atom is 0.270 e. The van der Waals surface area contributed by atoms with Gasteiger partial charge in [0.05, 0.1) is 18.5 Å². The van der Waals surface area contributed by atoms with E-state index in [0.29, 0.717) is 29.7 Å². The van der Waals surface area contributed by atoms with Crippen LogP contribution in [-0.4, -0.2) is 42.3 Å². The van der Waals surface area contributed by atoms with Gasteiger partial charge in [-0.05, 0) is 62.8 Å². The van der Waals surface area contributed by atoms with Gasteiger partial charge in [-0.15, -0.1) is 0 Å². The van der Waals surface area contributed by atoms with Crippen molar-refractivity contribution in [3.05, 3.63) is 66.2 Å². The molecule has 1 aliphatic heterocycles. The van der Waals surface area contributed by atoms with Gasteiger partial charge in [0, 0.05) is 31.4 Å². The smallest absolute Gasteiger partial charge is 0.270 e. The summed E-state index contributed by atoms with van der Waals surface area (Å²) in [7, 11) is 1.70. The van der Waals surface area contributed by atoms with Crippen LogP contribution in [0.15, 0.2) is 60.0 Å². The topological polar surface area (TPSA) is 66.0 Å². The normalized spacial score (nSPS) is 22.1. The molecule has 0 radical (unpaired) electrons. The Morgan fingerprint density at radius 1 is 1.42 bits per heavy atom. The zero-order valence-electron chi connectivity index (χ0n) is 18.9. The minimum absolute atomic E-state index is 0.00865. The quantitative estimate of drug-likeness (QED) is 0.668. The molecule has 6 heteroatoms. The fourth-order valence-corrected chi connectivity index (χ4v) is 4.48. The SMILES string of the molecule is C=CN=C1C=C(C(=O)N(CC)[C@H]2CCC[C@@H](NCc3ccc(OC)c(C)c3)C2)NC1=C. The Kier molecular flexibility index (Phi) is 7.69. The Morgan fingerprint density at radius 2 is 2.23 bits per heavy atom. The van der Waals surface area contributed by atoms with Gasteiger partial charge in [-0.2, -0.15) is 0 Å². The number of benzene rings is 1. The molecular formula is C25H34N4O2. The predicted octanol–water partition coefficient (Wildman–Crippen LogP) is 3.84. The van der Waals surface area contributed by atoms with Gasteiger partial charge in [-0.3, -0.25) is 9.79 Å². The fraction of sp³-hybridized carbons (Fsp3) is 0.440. The summed E-state index contributed by atoms with van der Waals surface area (Å²) in [6.07, 6.45) is 7.45. The van der Waals surface area contributed by atoms with Crippen LogP contribution < -0.4 is 15.4 Å². The lowest BCUT2D eigenvalue weighted by atomic mass is 9.89. The lowest BCUT2D eigenvalue weighted by Crippen LogP contribution is -2.48. The molecular weight excluding hydrogens is 388 g/mol. The highest BCUT2D eigenvalue weighted by atomic mass is 16.5. The van der Waals surface area contributed by atoms with E-state index < -0.39 is 0 Å². The van der Waals surface area contributed by atoms with Crippen LogP contribution in [0.1, 0.15) is 43.7 Å². The summed E-state index contributed by atoms with van der Waals surface area (Å²) in [5.74, 6) is 0.923. The average Bonchev–Trinajstić information content (AvgIpc) is 3.14. The molecule has 1 saturated carbocycles. The number of aryl methyl sites for hydroxylation is 1. The maximum absolute atomic E-state index is 13.2. The molecule has 1 fully saturated rings. The largest absolute Gasteiger partial charge is 0.496 e. The van der Waals surface area contributed by atoms with Gasteiger partial charge in [-0.25, -0.2) is 0 Å². The maximum atomic E-state index is 13.2. The number of carbonyl (C=O) groups is 1. The molecule has 2 aliphatic rings. The third-order valence-electron chi connectivity index (χ3n) is 6.08. The van der Waals surface area contributed by atoms with E-state index in [4.69, 9.17) is 4.74 Å². The zero-order valence-corrected chi connectivity index (χ0v) is 18.9. The standard InChI is InChI=1S/C25H34N4O2/c1-6-26-22-15-23(28-18(22)4)25(30)29(7-2)21-10-8-9-20(14-21)27-16-19-11-12-24(31-5)17(3)13-19/h6,11-13,15,20-21,27-28H,1,4,7-10,14,16H2,2-3,5H3/t20-,21+/m1/s1. The molecule has 2 atom stereocenters. The average molecular weight is 423 g/mol. The fourth-order valence-electron chi connectivity index (χ4n) is 4.48. The number of hydrogen-bond acceptors (Lipinski definition) is 5. The van der Waals surface area contributed by atoms with Crippen molar-refractivity contribution in [2.45, 2.75) is 58.2 Å². The second-order valence-electron chi connectivity index (χ2n) is 8.15. The van der Waals surface area contributed by atoms with Crippen molar-refractivity contribution < 1.29 is 9.53 Å². The number of aliphatic imine (C=N–C) groups is 1. The number of hydrogen-bond donors (Lipinski definition) is 2. The van der Waals surface area contributed by atoms with Crippen molar-refractivity contribution in [2.24, 2.45) is 4.99 Å². The number of likely N-dealkylation sites (N-methyl/N-ethyl adjacent to an activating group) is 1. The van der Waals surface area contributed by atoms with Crippen molar-refractivity contribution in [1.82, 2.24) is 15.5 Å². The van der Waals surface area contributed by atoms with Crippen LogP contribution in [0.3, 0.4) is 0 Å². The van der Waals surface area contributed by atoms with Gasteiger partial charge in [0.15, 0.2) is 0 Å². The first-order valence-corrected chi connectivity index (χ1v) is 11.0. The molecule has 3 rings (SSSR count). The van der Waals surface area contributed by atoms with E-state index in [1.54, 1.807) is 13.2 Å². The molecule has 0 saturated heterocycles. The summed E-state index contributed by atoms with van der Waals surface area (Å²) in [5, 5.41) is 6.78. The van der Waals surface area contributed by atoms with Gasteiger partial charge in [0.1, 0.15) is 11.4 Å². The molecule has 1 aromatic carbocycles. The Balaban J connectivity index is 1.62. The predicted molar refractivity (Wildman–Crippen MR) is 126 cm³/mol. The first kappa shape index (κ1) is 22.8. The van der Waals surface area contributed by atoms with E-state index in [1.165, 1.54) is 11.8 Å². The summed E-state index contributed by atoms with van der Waals surface area (Å²) < 4.78 is 5.35. The molecule has 0 aromatic heterocycles. The molecule has 1 aromatic rings. The molecule has 166 valence electrons. The molecule has 1 aliphatic carbocycles. The van der Waals surface area contributed by atoms with Crippen LogP contribution in [0, 0.1) is 6.92 Å². The van der Waals surface area contributed by atoms with Gasteiger partial charge in [0.25, 0.3) is 5.91 Å². The third kappa shape index (κ3) is 5.44. The molecule has 0 bridgehead atoms. The zero-order chi connectivity index (χ0) is 22.4. The highest BCUT2D eigenvalue weighted by Crippen LogP contribution is 2.26. The second-order valence-corrected chi connectivity index (χ2v) is 8.15. The molecule has 1 amide bonds. The van der Waals surface area contributed by atoms with Crippen molar-refractivity contribution >= 4 is 11.6 Å². The van der Waals surface area contributed by atoms with Crippen LogP contribution in [0.25, 0.3) is 0 Å². The van der Waals surface area contributed by atoms with Crippen molar-refractivity contribution in [3.63, 3.8) is 0 Å². The van der Waals surface area contributed by atoms with Crippen LogP contribution in [0.4, 0.5) is 0 Å². The lowest BCUT2D eigenvalue weighted by Gasteiger charge is -2.37. The Labute approximate surface area is 185 Å². The van der Waals surface area contributed by atoms with E-state index in [1.807, 2.05) is 17.9 Å². The Morgan fingerprint density at radius 3 is 2.90 bits per heavy atom. The molecule has 31 heavy (non-hydrogen) atoms. The molecule has 1 heterocycles. The van der Waals surface area contributed by atoms with Gasteiger partial charge in [0.2, 0.25) is 0 Å². The van der Waals surface area contributed by atoms with E-state index in [-0.39, 0.29) is 11.9 Å². The Bertz CT molecular complexity index is 903. The number of methoxy groups -OCH3 is 1. The van der Waals surface area contributed by atoms with Crippen LogP contribution in [0.5, 0.6) is 5.75 Å². The van der Waals surface area contributed by atoms with E-state index >= 15 is 0 Å². The molecule has 2 N–H and O–H groups in total. The summed E-state index contributed by atoms with van der Waals surface area (Å²) in [6.45, 7) is 13.2. The van der Waals surface area contributed by atoms with Gasteiger partial charge >= 0.3 is 0 Å². The molecule has 0 unspecified atom stereocenters. The lowest BCUT2D eigenvalue weighted by molar-refractivity contribution is -0.130. The first-order chi connectivity index (χ1) is 15.0. The van der Waals surface area contributed by atoms with Crippen molar-refractivity contribution in [1.29, 1.82) is 0 Å². The van der Waals surface area contributed by atoms with Gasteiger partial charge in [-0.1, -0.05) is 25.3 Å². The first-order valence-electron chi connectivity index (χ1n) is 11.0. The number of ether oxygens (including phenoxy) is 1. The van der Waals surface area contributed by atoms with Crippen molar-refractivity contribution in [2.75, 3.05) is 13.7 Å². The molecule has 6 nitrogen and oxygen atoms in total. The van der Waals surface area contributed by atoms with E-state index in [2.05, 4.69) is 47.8 Å². The minimum Gasteiger partial charge on any atom is -0.496 e. The highest BCUT2D eigenvalue weighted by molar-refractivity contribution is 6.16. The summed E-state index contributed by atoms with van der Waals surface area (Å²) in [6, 6.07) is 6.91. The molecule has 0 spiro atoms. The number of rotatable bonds is 8. The minimum atomic E-state index is 0.00865. The van der Waals surface area contributed by atoms with E-state index in [0.717, 1.165) is 43.5 Å². The number of amides is 1. The number of carbonyl (C=O) groups excluding carboxylic acids is 1. The number of allylic oxidation sites excluding steroid dienone is 1. The Hall–Kier alpha value is -2.86. The van der Waals surface area contributed by atoms with Crippen LogP contribution >= 0.6 is 0 Å². The second kappa shape index (κ2) is 10.4. The van der Waals surface area contributed by atoms with Crippen LogP contribution in [-0.2, 0) is 11.3 Å². The summed E-state index contributed by atoms with van der Waals surface area (Å²) >= 11 is 0. The number of nitrogens with zero attached hydrogens (tertiary/aromatic N) is 2. The summed E-state index contributed by atoms with van der Waals surface area (Å²) in [4.78, 5) is 19.3. The van der Waals surface area contributed by atoms with Gasteiger partial charge < -0.3 is 20.3 Å². The third-order valence-corrected chi connectivity index (χ3v) is 6.08. The monoisotopic (exact) mass is 422 g/mol. The van der Waals surface area contributed by atoms with E-state index in [9.17, 15) is 4.79 Å². The highest BCUT2D eigenvalue weighted by Gasteiger charge is 2.32. The van der Waals surface area contributed by atoms with Crippen molar-refractivity contribution in [3.8, 4) is 5.75 Å². The van der Waals surface area contributed by atoms with Crippen LogP contribution in [0.2, 0.25) is 0 Å². The number of nitrogens with one attached hydrogen (secondary N) is 2.